The lowest BCUT2D eigenvalue weighted by Crippen LogP contribution is -2.33. The summed E-state index contributed by atoms with van der Waals surface area (Å²) in [6.07, 6.45) is 4.33. The van der Waals surface area contributed by atoms with Crippen LogP contribution in [0.15, 0.2) is 29.9 Å². The van der Waals surface area contributed by atoms with E-state index in [-0.39, 0.29) is 5.03 Å². The summed E-state index contributed by atoms with van der Waals surface area (Å²) in [5.74, 6) is 1.60. The van der Waals surface area contributed by atoms with Crippen LogP contribution >= 0.6 is 0 Å². The molecule has 1 N–H and O–H groups in total. The summed E-state index contributed by atoms with van der Waals surface area (Å²) in [5.41, 5.74) is 0.940. The number of sulfonamides is 1. The van der Waals surface area contributed by atoms with E-state index in [2.05, 4.69) is 24.8 Å². The van der Waals surface area contributed by atoms with Gasteiger partial charge in [0.2, 0.25) is 0 Å². The first-order valence-corrected chi connectivity index (χ1v) is 9.00. The Morgan fingerprint density at radius 1 is 1.17 bits per heavy atom. The van der Waals surface area contributed by atoms with Gasteiger partial charge in [-0.3, -0.25) is 0 Å². The summed E-state index contributed by atoms with van der Waals surface area (Å²) in [5, 5.41) is 0.167. The first kappa shape index (κ1) is 14.6. The Kier molecular flexibility index (Phi) is 3.34. The highest BCUT2D eigenvalue weighted by Crippen LogP contribution is 2.35. The van der Waals surface area contributed by atoms with Crippen LogP contribution in [-0.2, 0) is 10.0 Å². The van der Waals surface area contributed by atoms with Crippen LogP contribution in [0.3, 0.4) is 0 Å². The van der Waals surface area contributed by atoms with Crippen molar-refractivity contribution in [3.05, 3.63) is 30.6 Å². The first-order chi connectivity index (χ1) is 11.0. The van der Waals surface area contributed by atoms with Gasteiger partial charge in [-0.2, -0.15) is 4.31 Å². The minimum absolute atomic E-state index is 0.167. The van der Waals surface area contributed by atoms with E-state index in [4.69, 9.17) is 0 Å². The third-order valence-corrected chi connectivity index (χ3v) is 6.41. The molecule has 0 aliphatic carbocycles. The van der Waals surface area contributed by atoms with Gasteiger partial charge in [0.05, 0.1) is 12.5 Å². The van der Waals surface area contributed by atoms with Gasteiger partial charge in [-0.1, -0.05) is 0 Å². The summed E-state index contributed by atoms with van der Waals surface area (Å²) in [6.45, 7) is 4.70. The fraction of sp³-hybridized carbons (Fsp3) is 0.500. The summed E-state index contributed by atoms with van der Waals surface area (Å²) in [7, 11) is -3.46. The van der Waals surface area contributed by atoms with E-state index < -0.39 is 10.0 Å². The minimum atomic E-state index is -3.46. The molecule has 2 aromatic heterocycles. The molecule has 2 aliphatic rings. The summed E-state index contributed by atoms with van der Waals surface area (Å²) < 4.78 is 26.7. The molecule has 0 aromatic carbocycles. The molecule has 2 aromatic rings. The molecule has 2 atom stereocenters. The van der Waals surface area contributed by atoms with Gasteiger partial charge in [-0.25, -0.2) is 23.4 Å². The molecule has 0 radical (unpaired) electrons. The third kappa shape index (κ3) is 2.49. The molecule has 2 aliphatic heterocycles. The average Bonchev–Trinajstić information content (AvgIpc) is 3.23. The maximum Gasteiger partial charge on any atom is 0.260 e. The van der Waals surface area contributed by atoms with Crippen LogP contribution in [0.1, 0.15) is 5.69 Å². The second kappa shape index (κ2) is 5.27. The Hall–Kier alpha value is -2.00. The van der Waals surface area contributed by atoms with Crippen molar-refractivity contribution in [1.82, 2.24) is 24.2 Å². The molecule has 0 amide bonds. The minimum Gasteiger partial charge on any atom is -0.356 e. The van der Waals surface area contributed by atoms with Crippen LogP contribution in [0.5, 0.6) is 0 Å². The lowest BCUT2D eigenvalue weighted by Gasteiger charge is -2.21. The zero-order valence-corrected chi connectivity index (χ0v) is 13.6. The van der Waals surface area contributed by atoms with Crippen LogP contribution in [-0.4, -0.2) is 58.8 Å². The standard InChI is InChI=1S/C14H18N6O2S/c1-10-2-13(17-9-16-10)19-4-11-6-20(7-12(11)5-19)23(21,22)14-3-15-8-18-14/h2-3,8-9,11-12H,4-7H2,1H3,(H,15,18). The number of aryl methyl sites for hydroxylation is 1. The van der Waals surface area contributed by atoms with Crippen molar-refractivity contribution in [1.29, 1.82) is 0 Å². The summed E-state index contributed by atoms with van der Waals surface area (Å²) >= 11 is 0. The second-order valence-electron chi connectivity index (χ2n) is 6.18. The smallest absolute Gasteiger partial charge is 0.260 e. The molecule has 0 saturated carbocycles. The van der Waals surface area contributed by atoms with Gasteiger partial charge in [-0.05, 0) is 18.8 Å². The van der Waals surface area contributed by atoms with Crippen LogP contribution < -0.4 is 4.90 Å². The van der Waals surface area contributed by atoms with Crippen LogP contribution in [0, 0.1) is 18.8 Å². The van der Waals surface area contributed by atoms with Gasteiger partial charge in [0.15, 0.2) is 5.03 Å². The molecule has 8 nitrogen and oxygen atoms in total. The maximum absolute atomic E-state index is 12.5. The second-order valence-corrected chi connectivity index (χ2v) is 8.09. The quantitative estimate of drug-likeness (QED) is 0.865. The maximum atomic E-state index is 12.5. The van der Waals surface area contributed by atoms with E-state index in [1.807, 2.05) is 13.0 Å². The van der Waals surface area contributed by atoms with Crippen molar-refractivity contribution in [3.63, 3.8) is 0 Å². The van der Waals surface area contributed by atoms with Crippen molar-refractivity contribution in [2.45, 2.75) is 11.9 Å². The van der Waals surface area contributed by atoms with Crippen LogP contribution in [0.4, 0.5) is 5.82 Å². The number of fused-ring (bicyclic) bond motifs is 1. The SMILES string of the molecule is Cc1cc(N2CC3CN(S(=O)(=O)c4cnc[nH]4)CC3C2)ncn1. The van der Waals surface area contributed by atoms with Gasteiger partial charge in [0, 0.05) is 37.9 Å². The Morgan fingerprint density at radius 2 is 1.91 bits per heavy atom. The number of hydrogen-bond acceptors (Lipinski definition) is 6. The van der Waals surface area contributed by atoms with E-state index >= 15 is 0 Å². The highest BCUT2D eigenvalue weighted by atomic mass is 32.2. The highest BCUT2D eigenvalue weighted by Gasteiger charge is 2.44. The Labute approximate surface area is 134 Å². The molecule has 23 heavy (non-hydrogen) atoms. The van der Waals surface area contributed by atoms with E-state index in [0.717, 1.165) is 24.6 Å². The van der Waals surface area contributed by atoms with Crippen molar-refractivity contribution in [2.75, 3.05) is 31.1 Å². The van der Waals surface area contributed by atoms with Gasteiger partial charge in [-0.15, -0.1) is 0 Å². The monoisotopic (exact) mass is 334 g/mol. The van der Waals surface area contributed by atoms with Crippen molar-refractivity contribution in [3.8, 4) is 0 Å². The molecule has 2 saturated heterocycles. The number of anilines is 1. The summed E-state index contributed by atoms with van der Waals surface area (Å²) in [4.78, 5) is 17.2. The molecule has 0 spiro atoms. The molecular weight excluding hydrogens is 316 g/mol. The first-order valence-electron chi connectivity index (χ1n) is 7.56. The number of aromatic nitrogens is 4. The van der Waals surface area contributed by atoms with Gasteiger partial charge in [0.1, 0.15) is 12.1 Å². The molecular formula is C14H18N6O2S. The van der Waals surface area contributed by atoms with Crippen LogP contribution in [0.2, 0.25) is 0 Å². The number of nitrogens with zero attached hydrogens (tertiary/aromatic N) is 5. The lowest BCUT2D eigenvalue weighted by molar-refractivity contribution is 0.451. The lowest BCUT2D eigenvalue weighted by atomic mass is 10.0. The number of imidazole rings is 1. The summed E-state index contributed by atoms with van der Waals surface area (Å²) in [6, 6.07) is 1.97. The molecule has 4 rings (SSSR count). The number of hydrogen-bond donors (Lipinski definition) is 1. The molecule has 0 bridgehead atoms. The molecule has 2 fully saturated rings. The zero-order chi connectivity index (χ0) is 16.0. The topological polar surface area (TPSA) is 95.1 Å². The predicted octanol–water partition coefficient (Wildman–Crippen LogP) is 0.265. The normalized spacial score (nSPS) is 25.0. The van der Waals surface area contributed by atoms with E-state index in [9.17, 15) is 8.42 Å². The molecule has 2 unspecified atom stereocenters. The average molecular weight is 334 g/mol. The Balaban J connectivity index is 1.48. The number of nitrogens with one attached hydrogen (secondary N) is 1. The largest absolute Gasteiger partial charge is 0.356 e. The third-order valence-electron chi connectivity index (χ3n) is 4.66. The van der Waals surface area contributed by atoms with E-state index in [1.54, 1.807) is 10.6 Å². The van der Waals surface area contributed by atoms with Crippen molar-refractivity contribution in [2.24, 2.45) is 11.8 Å². The molecule has 122 valence electrons. The van der Waals surface area contributed by atoms with Crippen molar-refractivity contribution < 1.29 is 8.42 Å². The van der Waals surface area contributed by atoms with Gasteiger partial charge >= 0.3 is 0 Å². The Morgan fingerprint density at radius 3 is 2.52 bits per heavy atom. The Bertz CT molecular complexity index is 792. The number of aromatic amines is 1. The molecule has 4 heterocycles. The van der Waals surface area contributed by atoms with Gasteiger partial charge < -0.3 is 9.88 Å². The molecule has 9 heteroatoms. The fourth-order valence-corrected chi connectivity index (χ4v) is 4.92. The highest BCUT2D eigenvalue weighted by molar-refractivity contribution is 7.89. The fourth-order valence-electron chi connectivity index (χ4n) is 3.47. The zero-order valence-electron chi connectivity index (χ0n) is 12.8. The predicted molar refractivity (Wildman–Crippen MR) is 83.3 cm³/mol. The van der Waals surface area contributed by atoms with E-state index in [0.29, 0.717) is 24.9 Å². The van der Waals surface area contributed by atoms with Gasteiger partial charge in [0.25, 0.3) is 10.0 Å². The number of rotatable bonds is 3. The number of H-pyrrole nitrogens is 1. The van der Waals surface area contributed by atoms with E-state index in [1.165, 1.54) is 12.5 Å². The van der Waals surface area contributed by atoms with Crippen LogP contribution in [0.25, 0.3) is 0 Å². The van der Waals surface area contributed by atoms with Crippen molar-refractivity contribution >= 4 is 15.8 Å².